The molecule has 1 aromatic heterocycles. The van der Waals surface area contributed by atoms with Crippen LogP contribution >= 0.6 is 23.5 Å². The van der Waals surface area contributed by atoms with Gasteiger partial charge in [-0.2, -0.15) is 8.62 Å². The number of hydrogen-bond acceptors (Lipinski definition) is 11. The zero-order chi connectivity index (χ0) is 24.7. The van der Waals surface area contributed by atoms with Crippen LogP contribution in [0.3, 0.4) is 0 Å². The average molecular weight is 530 g/mol. The number of nitrogens with zero attached hydrogens (tertiary/aromatic N) is 1. The number of ether oxygens (including phenoxy) is 1. The molecule has 1 aromatic rings. The molecule has 1 fully saturated rings. The number of H-pyrrole nitrogens is 1. The minimum atomic E-state index is -5.81. The molecule has 0 amide bonds. The molecule has 0 spiro atoms. The van der Waals surface area contributed by atoms with E-state index < -0.39 is 72.0 Å². The molecule has 1 saturated heterocycles. The Morgan fingerprint density at radius 3 is 2.31 bits per heavy atom. The van der Waals surface area contributed by atoms with E-state index in [0.717, 1.165) is 6.20 Å². The minimum absolute atomic E-state index is 0.0550. The summed E-state index contributed by atoms with van der Waals surface area (Å²) in [6.45, 7) is -1.66. The summed E-state index contributed by atoms with van der Waals surface area (Å²) < 4.78 is 64.3. The quantitative estimate of drug-likeness (QED) is 0.173. The van der Waals surface area contributed by atoms with E-state index in [1.807, 2.05) is 4.98 Å². The lowest BCUT2D eigenvalue weighted by Crippen LogP contribution is -2.51. The van der Waals surface area contributed by atoms with Crippen LogP contribution < -0.4 is 11.2 Å². The van der Waals surface area contributed by atoms with Gasteiger partial charge in [0.1, 0.15) is 18.9 Å². The molecule has 1 aliphatic heterocycles. The van der Waals surface area contributed by atoms with E-state index in [9.17, 15) is 42.8 Å². The van der Waals surface area contributed by atoms with E-state index in [1.54, 1.807) is 0 Å². The molecular formula is C11H18FN2O15P3. The average Bonchev–Trinajstić information content (AvgIpc) is 2.85. The molecule has 0 saturated carbocycles. The normalized spacial score (nSPS) is 30.1. The van der Waals surface area contributed by atoms with E-state index in [2.05, 4.69) is 13.1 Å². The van der Waals surface area contributed by atoms with Crippen LogP contribution in [0.15, 0.2) is 15.8 Å². The summed E-state index contributed by atoms with van der Waals surface area (Å²) in [5, 5.41) is 20.7. The van der Waals surface area contributed by atoms with Gasteiger partial charge in [0.25, 0.3) is 5.56 Å². The van der Waals surface area contributed by atoms with Crippen LogP contribution in [0, 0.1) is 6.92 Å². The van der Waals surface area contributed by atoms with Crippen LogP contribution in [-0.2, 0) is 31.6 Å². The highest BCUT2D eigenvalue weighted by Gasteiger charge is 2.57. The highest BCUT2D eigenvalue weighted by atomic mass is 31.3. The molecule has 7 N–H and O–H groups in total. The van der Waals surface area contributed by atoms with Crippen molar-refractivity contribution in [3.63, 3.8) is 0 Å². The van der Waals surface area contributed by atoms with Crippen molar-refractivity contribution < 1.29 is 65.8 Å². The van der Waals surface area contributed by atoms with Crippen LogP contribution in [0.25, 0.3) is 0 Å². The van der Waals surface area contributed by atoms with Gasteiger partial charge >= 0.3 is 29.2 Å². The molecule has 1 aliphatic rings. The van der Waals surface area contributed by atoms with E-state index in [0.29, 0.717) is 4.57 Å². The summed E-state index contributed by atoms with van der Waals surface area (Å²) in [4.78, 5) is 60.8. The second-order valence-electron chi connectivity index (χ2n) is 6.46. The Morgan fingerprint density at radius 2 is 1.78 bits per heavy atom. The Balaban J connectivity index is 2.22. The van der Waals surface area contributed by atoms with E-state index in [4.69, 9.17) is 19.4 Å². The third kappa shape index (κ3) is 6.27. The first kappa shape index (κ1) is 27.1. The molecular weight excluding hydrogens is 512 g/mol. The van der Waals surface area contributed by atoms with Crippen molar-refractivity contribution >= 4 is 23.5 Å². The number of phosphoric ester groups is 1. The molecule has 17 nitrogen and oxygen atoms in total. The van der Waals surface area contributed by atoms with Crippen molar-refractivity contribution in [2.45, 2.75) is 31.0 Å². The number of aliphatic hydroxyl groups excluding tert-OH is 1. The van der Waals surface area contributed by atoms with Crippen LogP contribution in [0.1, 0.15) is 11.8 Å². The lowest BCUT2D eigenvalue weighted by Gasteiger charge is -2.28. The maximum atomic E-state index is 13.6. The van der Waals surface area contributed by atoms with Gasteiger partial charge in [-0.3, -0.25) is 18.9 Å². The number of aryl methyl sites for hydroxylation is 1. The Bertz CT molecular complexity index is 1110. The lowest BCUT2D eigenvalue weighted by molar-refractivity contribution is -0.121. The van der Waals surface area contributed by atoms with Crippen molar-refractivity contribution in [3.05, 3.63) is 32.6 Å². The number of aliphatic hydroxyl groups is 2. The fourth-order valence-corrected chi connectivity index (χ4v) is 5.67. The molecule has 2 rings (SSSR count). The second kappa shape index (κ2) is 9.27. The molecule has 32 heavy (non-hydrogen) atoms. The maximum absolute atomic E-state index is 13.6. The highest BCUT2D eigenvalue weighted by Crippen LogP contribution is 2.66. The molecule has 184 valence electrons. The minimum Gasteiger partial charge on any atom is -0.387 e. The first-order chi connectivity index (χ1) is 14.4. The predicted molar refractivity (Wildman–Crippen MR) is 96.7 cm³/mol. The predicted octanol–water partition coefficient (Wildman–Crippen LogP) is -1.85. The van der Waals surface area contributed by atoms with Gasteiger partial charge in [0.15, 0.2) is 11.8 Å². The summed E-state index contributed by atoms with van der Waals surface area (Å²) in [6.07, 6.45) is -5.11. The van der Waals surface area contributed by atoms with Gasteiger partial charge in [0.2, 0.25) is 0 Å². The topological polar surface area (TPSA) is 264 Å². The van der Waals surface area contributed by atoms with Crippen molar-refractivity contribution in [2.24, 2.45) is 0 Å². The van der Waals surface area contributed by atoms with Crippen LogP contribution in [-0.4, -0.2) is 70.4 Å². The molecule has 0 radical (unpaired) electrons. The third-order valence-corrected chi connectivity index (χ3v) is 7.83. The number of rotatable bonds is 9. The zero-order valence-electron chi connectivity index (χ0n) is 15.7. The Labute approximate surface area is 176 Å². The summed E-state index contributed by atoms with van der Waals surface area (Å²) in [5.74, 6) is 0. The van der Waals surface area contributed by atoms with Crippen molar-refractivity contribution in [3.8, 4) is 0 Å². The standard InChI is InChI=1S/C11H18FN2O15P3/c1-5-2-14(10(17)13-8(5)16)9-11(18,4-12)7(15)6(27-9)3-26-31(22,23)29-32(24,25)28-30(19,20)21/h2,6-7,9,15,18H,3-4H2,1H3,(H,22,23)(H,24,25)(H,13,16,17)(H2,19,20,21)/t6-,7-,9-,11-/m1/s1. The molecule has 2 unspecified atom stereocenters. The lowest BCUT2D eigenvalue weighted by atomic mass is 9.95. The van der Waals surface area contributed by atoms with Crippen molar-refractivity contribution in [1.82, 2.24) is 9.55 Å². The molecule has 21 heteroatoms. The second-order valence-corrected chi connectivity index (χ2v) is 10.9. The monoisotopic (exact) mass is 530 g/mol. The number of nitrogens with one attached hydrogen (secondary N) is 1. The Hall–Kier alpha value is -1.10. The number of hydrogen-bond donors (Lipinski definition) is 7. The molecule has 0 aliphatic carbocycles. The summed E-state index contributed by atoms with van der Waals surface area (Å²) in [5.41, 5.74) is -4.81. The molecule has 0 aromatic carbocycles. The largest absolute Gasteiger partial charge is 0.490 e. The molecule has 2 heterocycles. The number of phosphoric acid groups is 3. The van der Waals surface area contributed by atoms with Gasteiger partial charge in [0.05, 0.1) is 6.61 Å². The van der Waals surface area contributed by atoms with Gasteiger partial charge in [-0.05, 0) is 6.92 Å². The first-order valence-corrected chi connectivity index (χ1v) is 12.7. The van der Waals surface area contributed by atoms with E-state index in [1.165, 1.54) is 6.92 Å². The molecule has 0 bridgehead atoms. The maximum Gasteiger partial charge on any atom is 0.490 e. The van der Waals surface area contributed by atoms with Gasteiger partial charge in [-0.15, -0.1) is 0 Å². The number of halogens is 1. The van der Waals surface area contributed by atoms with Crippen LogP contribution in [0.5, 0.6) is 0 Å². The van der Waals surface area contributed by atoms with Crippen molar-refractivity contribution in [1.29, 1.82) is 0 Å². The fourth-order valence-electron chi connectivity index (χ4n) is 2.64. The number of aromatic nitrogens is 2. The van der Waals surface area contributed by atoms with Crippen molar-refractivity contribution in [2.75, 3.05) is 13.3 Å². The number of aromatic amines is 1. The Kier molecular flexibility index (Phi) is 7.87. The summed E-state index contributed by atoms with van der Waals surface area (Å²) in [6, 6.07) is 0. The van der Waals surface area contributed by atoms with Gasteiger partial charge in [-0.1, -0.05) is 0 Å². The SMILES string of the molecule is Cc1cn([C@@H]2O[C@H](COP(=O)(O)OP(=O)(O)OP(=O)(O)O)[C@@H](O)[C@]2(O)CF)c(=O)[nH]c1=O. The zero-order valence-corrected chi connectivity index (χ0v) is 18.4. The smallest absolute Gasteiger partial charge is 0.387 e. The summed E-state index contributed by atoms with van der Waals surface area (Å²) >= 11 is 0. The van der Waals surface area contributed by atoms with Gasteiger partial charge in [-0.25, -0.2) is 22.9 Å². The molecule has 6 atom stereocenters. The fraction of sp³-hybridized carbons (Fsp3) is 0.636. The first-order valence-electron chi connectivity index (χ1n) is 8.13. The van der Waals surface area contributed by atoms with E-state index in [-0.39, 0.29) is 5.56 Å². The third-order valence-electron chi connectivity index (χ3n) is 4.03. The summed E-state index contributed by atoms with van der Waals surface area (Å²) in [7, 11) is -17.0. The van der Waals surface area contributed by atoms with Gasteiger partial charge < -0.3 is 34.5 Å². The Morgan fingerprint density at radius 1 is 1.19 bits per heavy atom. The highest BCUT2D eigenvalue weighted by molar-refractivity contribution is 7.66. The van der Waals surface area contributed by atoms with Gasteiger partial charge in [0, 0.05) is 11.8 Å². The van der Waals surface area contributed by atoms with Crippen LogP contribution in [0.4, 0.5) is 4.39 Å². The van der Waals surface area contributed by atoms with E-state index >= 15 is 0 Å². The van der Waals surface area contributed by atoms with Crippen LogP contribution in [0.2, 0.25) is 0 Å². The number of alkyl halides is 1.